The summed E-state index contributed by atoms with van der Waals surface area (Å²) in [7, 11) is 0. The fourth-order valence-electron chi connectivity index (χ4n) is 1.79. The van der Waals surface area contributed by atoms with Gasteiger partial charge in [-0.05, 0) is 18.2 Å². The van der Waals surface area contributed by atoms with E-state index in [4.69, 9.17) is 5.73 Å². The Balaban J connectivity index is 2.06. The highest BCUT2D eigenvalue weighted by molar-refractivity contribution is 5.78. The van der Waals surface area contributed by atoms with Crippen LogP contribution >= 0.6 is 0 Å². The lowest BCUT2D eigenvalue weighted by Gasteiger charge is -1.95. The Hall–Kier alpha value is -2.96. The van der Waals surface area contributed by atoms with E-state index in [0.29, 0.717) is 17.2 Å². The summed E-state index contributed by atoms with van der Waals surface area (Å²) in [4.78, 5) is 21.6. The molecule has 3 rings (SSSR count). The molecule has 0 unspecified atom stereocenters. The van der Waals surface area contributed by atoms with Gasteiger partial charge in [-0.15, -0.1) is 0 Å². The van der Waals surface area contributed by atoms with Gasteiger partial charge in [0.15, 0.2) is 5.65 Å². The Morgan fingerprint density at radius 1 is 1.26 bits per heavy atom. The van der Waals surface area contributed by atoms with Crippen LogP contribution in [0.25, 0.3) is 22.6 Å². The minimum atomic E-state index is -0.440. The number of aromatic nitrogens is 3. The second-order valence-corrected chi connectivity index (χ2v) is 4.03. The third-order valence-electron chi connectivity index (χ3n) is 2.71. The number of non-ortho nitro benzene ring substituents is 1. The molecule has 7 nitrogen and oxygen atoms in total. The number of benzene rings is 1. The summed E-state index contributed by atoms with van der Waals surface area (Å²) in [6, 6.07) is 7.89. The molecule has 0 aliphatic rings. The number of fused-ring (bicyclic) bond motifs is 1. The van der Waals surface area contributed by atoms with E-state index in [0.717, 1.165) is 11.1 Å². The van der Waals surface area contributed by atoms with Crippen molar-refractivity contribution in [1.82, 2.24) is 15.0 Å². The standard InChI is InChI=1S/C12H9N5O2/c13-8-5-10-12(14-6-8)16-11(15-10)7-1-3-9(4-2-7)17(18)19/h1-6H,13H2,(H,14,15,16). The molecule has 0 saturated carbocycles. The predicted octanol–water partition coefficient (Wildman–Crippen LogP) is 2.12. The highest BCUT2D eigenvalue weighted by atomic mass is 16.6. The monoisotopic (exact) mass is 255 g/mol. The van der Waals surface area contributed by atoms with Gasteiger partial charge in [0, 0.05) is 17.7 Å². The number of anilines is 1. The Labute approximate surface area is 107 Å². The van der Waals surface area contributed by atoms with Crippen LogP contribution in [0.3, 0.4) is 0 Å². The first-order valence-corrected chi connectivity index (χ1v) is 5.49. The molecule has 3 N–H and O–H groups in total. The smallest absolute Gasteiger partial charge is 0.269 e. The molecule has 94 valence electrons. The van der Waals surface area contributed by atoms with Gasteiger partial charge in [-0.25, -0.2) is 9.97 Å². The van der Waals surface area contributed by atoms with Crippen molar-refractivity contribution >= 4 is 22.5 Å². The summed E-state index contributed by atoms with van der Waals surface area (Å²) >= 11 is 0. The zero-order chi connectivity index (χ0) is 13.4. The summed E-state index contributed by atoms with van der Waals surface area (Å²) in [5, 5.41) is 10.6. The van der Waals surface area contributed by atoms with Crippen LogP contribution < -0.4 is 5.73 Å². The molecule has 0 saturated heterocycles. The van der Waals surface area contributed by atoms with Crippen molar-refractivity contribution in [2.24, 2.45) is 0 Å². The lowest BCUT2D eigenvalue weighted by atomic mass is 10.2. The van der Waals surface area contributed by atoms with Crippen molar-refractivity contribution in [2.45, 2.75) is 0 Å². The van der Waals surface area contributed by atoms with Gasteiger partial charge in [0.2, 0.25) is 0 Å². The van der Waals surface area contributed by atoms with E-state index in [9.17, 15) is 10.1 Å². The molecule has 7 heteroatoms. The number of imidazole rings is 1. The summed E-state index contributed by atoms with van der Waals surface area (Å²) in [5.41, 5.74) is 8.27. The maximum Gasteiger partial charge on any atom is 0.269 e. The summed E-state index contributed by atoms with van der Waals surface area (Å²) in [5.74, 6) is 0.600. The van der Waals surface area contributed by atoms with E-state index in [-0.39, 0.29) is 5.69 Å². The molecule has 0 spiro atoms. The van der Waals surface area contributed by atoms with Gasteiger partial charge >= 0.3 is 0 Å². The van der Waals surface area contributed by atoms with Gasteiger partial charge in [0.1, 0.15) is 5.82 Å². The minimum absolute atomic E-state index is 0.0437. The number of nitro benzene ring substituents is 1. The fourth-order valence-corrected chi connectivity index (χ4v) is 1.79. The minimum Gasteiger partial charge on any atom is -0.397 e. The Morgan fingerprint density at radius 2 is 2.00 bits per heavy atom. The van der Waals surface area contributed by atoms with Crippen molar-refractivity contribution in [3.8, 4) is 11.4 Å². The molecule has 0 atom stereocenters. The number of nitrogens with two attached hydrogens (primary N) is 1. The number of aromatic amines is 1. The number of nitrogens with one attached hydrogen (secondary N) is 1. The lowest BCUT2D eigenvalue weighted by molar-refractivity contribution is -0.384. The maximum atomic E-state index is 10.6. The van der Waals surface area contributed by atoms with Gasteiger partial charge in [-0.3, -0.25) is 10.1 Å². The first kappa shape index (κ1) is 11.1. The molecule has 2 heterocycles. The van der Waals surface area contributed by atoms with E-state index in [2.05, 4.69) is 15.0 Å². The van der Waals surface area contributed by atoms with Crippen molar-refractivity contribution in [1.29, 1.82) is 0 Å². The molecule has 3 aromatic rings. The van der Waals surface area contributed by atoms with Gasteiger partial charge in [0.25, 0.3) is 5.69 Å². The number of hydrogen-bond donors (Lipinski definition) is 2. The molecular formula is C12H9N5O2. The first-order chi connectivity index (χ1) is 9.13. The summed E-state index contributed by atoms with van der Waals surface area (Å²) in [6.07, 6.45) is 1.53. The van der Waals surface area contributed by atoms with Gasteiger partial charge < -0.3 is 10.7 Å². The summed E-state index contributed by atoms with van der Waals surface area (Å²) < 4.78 is 0. The fraction of sp³-hybridized carbons (Fsp3) is 0. The van der Waals surface area contributed by atoms with Gasteiger partial charge in [-0.2, -0.15) is 0 Å². The number of hydrogen-bond acceptors (Lipinski definition) is 5. The van der Waals surface area contributed by atoms with Crippen molar-refractivity contribution in [3.63, 3.8) is 0 Å². The number of pyridine rings is 1. The molecule has 0 amide bonds. The molecular weight excluding hydrogens is 246 g/mol. The highest BCUT2D eigenvalue weighted by Gasteiger charge is 2.09. The van der Waals surface area contributed by atoms with Crippen LogP contribution in [0.2, 0.25) is 0 Å². The van der Waals surface area contributed by atoms with Crippen LogP contribution in [-0.4, -0.2) is 19.9 Å². The van der Waals surface area contributed by atoms with Crippen molar-refractivity contribution in [2.75, 3.05) is 5.73 Å². The molecule has 19 heavy (non-hydrogen) atoms. The molecule has 1 aromatic carbocycles. The first-order valence-electron chi connectivity index (χ1n) is 5.49. The van der Waals surface area contributed by atoms with Crippen LogP contribution in [0.5, 0.6) is 0 Å². The lowest BCUT2D eigenvalue weighted by Crippen LogP contribution is -1.87. The van der Waals surface area contributed by atoms with Crippen LogP contribution in [0, 0.1) is 10.1 Å². The molecule has 0 aliphatic carbocycles. The van der Waals surface area contributed by atoms with E-state index in [1.54, 1.807) is 18.2 Å². The molecule has 0 radical (unpaired) electrons. The number of H-pyrrole nitrogens is 1. The third-order valence-corrected chi connectivity index (χ3v) is 2.71. The zero-order valence-corrected chi connectivity index (χ0v) is 9.70. The molecule has 2 aromatic heterocycles. The van der Waals surface area contributed by atoms with Gasteiger partial charge in [0.05, 0.1) is 22.3 Å². The molecule has 0 bridgehead atoms. The van der Waals surface area contributed by atoms with E-state index in [1.807, 2.05) is 0 Å². The van der Waals surface area contributed by atoms with Crippen LogP contribution in [0.4, 0.5) is 11.4 Å². The summed E-state index contributed by atoms with van der Waals surface area (Å²) in [6.45, 7) is 0. The Bertz CT molecular complexity index is 763. The predicted molar refractivity (Wildman–Crippen MR) is 70.4 cm³/mol. The van der Waals surface area contributed by atoms with E-state index < -0.39 is 4.92 Å². The van der Waals surface area contributed by atoms with Gasteiger partial charge in [-0.1, -0.05) is 0 Å². The zero-order valence-electron chi connectivity index (χ0n) is 9.70. The topological polar surface area (TPSA) is 111 Å². The average Bonchev–Trinajstić information content (AvgIpc) is 2.81. The van der Waals surface area contributed by atoms with E-state index in [1.165, 1.54) is 18.3 Å². The second-order valence-electron chi connectivity index (χ2n) is 4.03. The quantitative estimate of drug-likeness (QED) is 0.538. The largest absolute Gasteiger partial charge is 0.397 e. The van der Waals surface area contributed by atoms with E-state index >= 15 is 0 Å². The van der Waals surface area contributed by atoms with Crippen LogP contribution in [0.15, 0.2) is 36.5 Å². The Kier molecular flexibility index (Phi) is 2.38. The number of nitrogen functional groups attached to an aromatic ring is 1. The second kappa shape index (κ2) is 4.05. The number of nitro groups is 1. The van der Waals surface area contributed by atoms with Crippen molar-refractivity contribution < 1.29 is 4.92 Å². The van der Waals surface area contributed by atoms with Crippen LogP contribution in [0.1, 0.15) is 0 Å². The normalized spacial score (nSPS) is 10.7. The SMILES string of the molecule is Nc1cnc2nc(-c3ccc([N+](=O)[O-])cc3)[nH]c2c1. The van der Waals surface area contributed by atoms with Crippen LogP contribution in [-0.2, 0) is 0 Å². The number of rotatable bonds is 2. The molecule has 0 fully saturated rings. The highest BCUT2D eigenvalue weighted by Crippen LogP contribution is 2.22. The molecule has 0 aliphatic heterocycles. The average molecular weight is 255 g/mol. The Morgan fingerprint density at radius 3 is 2.68 bits per heavy atom. The number of nitrogens with zero attached hydrogens (tertiary/aromatic N) is 3. The van der Waals surface area contributed by atoms with Crippen molar-refractivity contribution in [3.05, 3.63) is 46.6 Å². The third kappa shape index (κ3) is 1.97. The maximum absolute atomic E-state index is 10.6.